The van der Waals surface area contributed by atoms with Crippen molar-refractivity contribution < 1.29 is 14.4 Å². The van der Waals surface area contributed by atoms with Crippen LogP contribution in [0.1, 0.15) is 16.1 Å². The van der Waals surface area contributed by atoms with Crippen LogP contribution in [0.3, 0.4) is 0 Å². The minimum Gasteiger partial charge on any atom is -0.354 e. The zero-order valence-corrected chi connectivity index (χ0v) is 14.6. The van der Waals surface area contributed by atoms with Gasteiger partial charge in [-0.1, -0.05) is 0 Å². The zero-order chi connectivity index (χ0) is 16.0. The first-order valence-corrected chi connectivity index (χ1v) is 7.90. The molecular formula is C13H18BrN3O3S. The van der Waals surface area contributed by atoms with E-state index >= 15 is 0 Å². The number of rotatable bonds is 6. The molecule has 0 aliphatic heterocycles. The number of halogens is 1. The van der Waals surface area contributed by atoms with E-state index in [0.717, 1.165) is 3.79 Å². The van der Waals surface area contributed by atoms with Crippen molar-refractivity contribution in [1.82, 2.24) is 15.1 Å². The van der Waals surface area contributed by atoms with E-state index in [0.29, 0.717) is 4.88 Å². The van der Waals surface area contributed by atoms with Crippen molar-refractivity contribution in [3.63, 3.8) is 0 Å². The van der Waals surface area contributed by atoms with Crippen molar-refractivity contribution in [2.24, 2.45) is 0 Å². The molecule has 0 radical (unpaired) electrons. The summed E-state index contributed by atoms with van der Waals surface area (Å²) in [5, 5.41) is 2.62. The molecule has 0 fully saturated rings. The van der Waals surface area contributed by atoms with Crippen LogP contribution in [0.25, 0.3) is 0 Å². The number of amides is 3. The lowest BCUT2D eigenvalue weighted by atomic mass is 10.3. The van der Waals surface area contributed by atoms with Crippen LogP contribution >= 0.6 is 27.3 Å². The highest BCUT2D eigenvalue weighted by atomic mass is 79.9. The molecule has 0 saturated carbocycles. The topological polar surface area (TPSA) is 69.7 Å². The maximum Gasteiger partial charge on any atom is 0.264 e. The summed E-state index contributed by atoms with van der Waals surface area (Å²) in [5.41, 5.74) is 0. The molecule has 1 aromatic heterocycles. The highest BCUT2D eigenvalue weighted by Crippen LogP contribution is 2.22. The van der Waals surface area contributed by atoms with Gasteiger partial charge < -0.3 is 15.1 Å². The van der Waals surface area contributed by atoms with Crippen LogP contribution in [0.15, 0.2) is 15.9 Å². The van der Waals surface area contributed by atoms with Gasteiger partial charge in [-0.25, -0.2) is 0 Å². The monoisotopic (exact) mass is 375 g/mol. The third-order valence-electron chi connectivity index (χ3n) is 2.67. The molecule has 8 heteroatoms. The summed E-state index contributed by atoms with van der Waals surface area (Å²) in [6.07, 6.45) is 0.244. The third-order valence-corrected chi connectivity index (χ3v) is 4.28. The number of carbonyl (C=O) groups excluding carboxylic acids is 3. The Hall–Kier alpha value is -1.41. The molecule has 1 rings (SSSR count). The second kappa shape index (κ2) is 8.14. The van der Waals surface area contributed by atoms with E-state index in [-0.39, 0.29) is 37.2 Å². The Labute approximate surface area is 136 Å². The normalized spacial score (nSPS) is 10.1. The summed E-state index contributed by atoms with van der Waals surface area (Å²) >= 11 is 4.61. The number of hydrogen-bond donors (Lipinski definition) is 1. The summed E-state index contributed by atoms with van der Waals surface area (Å²) in [5.74, 6) is -0.540. The number of hydrogen-bond acceptors (Lipinski definition) is 4. The Morgan fingerprint density at radius 3 is 2.43 bits per heavy atom. The van der Waals surface area contributed by atoms with Crippen molar-refractivity contribution in [1.29, 1.82) is 0 Å². The minimum absolute atomic E-state index is 0.0372. The van der Waals surface area contributed by atoms with Crippen molar-refractivity contribution in [2.75, 3.05) is 34.2 Å². The van der Waals surface area contributed by atoms with E-state index in [2.05, 4.69) is 21.2 Å². The third kappa shape index (κ3) is 5.84. The standard InChI is InChI=1S/C13H18BrN3O3S/c1-16(2)12(19)6-7-15-11(18)8-17(3)13(20)9-4-5-10(14)21-9/h4-5H,6-8H2,1-3H3,(H,15,18). The van der Waals surface area contributed by atoms with E-state index in [1.807, 2.05) is 0 Å². The van der Waals surface area contributed by atoms with E-state index in [1.165, 1.54) is 21.1 Å². The highest BCUT2D eigenvalue weighted by molar-refractivity contribution is 9.11. The van der Waals surface area contributed by atoms with Crippen LogP contribution in [-0.4, -0.2) is 61.8 Å². The number of thiophene rings is 1. The van der Waals surface area contributed by atoms with Crippen molar-refractivity contribution in [3.05, 3.63) is 20.8 Å². The first-order valence-electron chi connectivity index (χ1n) is 6.29. The molecule has 1 aromatic rings. The van der Waals surface area contributed by atoms with Gasteiger partial charge in [0.15, 0.2) is 0 Å². The van der Waals surface area contributed by atoms with Gasteiger partial charge in [0.25, 0.3) is 5.91 Å². The van der Waals surface area contributed by atoms with Crippen LogP contribution < -0.4 is 5.32 Å². The lowest BCUT2D eigenvalue weighted by Crippen LogP contribution is -2.39. The van der Waals surface area contributed by atoms with E-state index in [4.69, 9.17) is 0 Å². The summed E-state index contributed by atoms with van der Waals surface area (Å²) in [7, 11) is 4.89. The van der Waals surface area contributed by atoms with Crippen LogP contribution in [0, 0.1) is 0 Å². The highest BCUT2D eigenvalue weighted by Gasteiger charge is 2.16. The van der Waals surface area contributed by atoms with Gasteiger partial charge >= 0.3 is 0 Å². The molecule has 0 aliphatic rings. The maximum atomic E-state index is 12.0. The van der Waals surface area contributed by atoms with Gasteiger partial charge in [0.1, 0.15) is 0 Å². The Morgan fingerprint density at radius 2 is 1.90 bits per heavy atom. The Morgan fingerprint density at radius 1 is 1.24 bits per heavy atom. The van der Waals surface area contributed by atoms with Crippen LogP contribution in [0.4, 0.5) is 0 Å². The van der Waals surface area contributed by atoms with E-state index < -0.39 is 0 Å². The second-order valence-electron chi connectivity index (χ2n) is 4.65. The smallest absolute Gasteiger partial charge is 0.264 e. The van der Waals surface area contributed by atoms with Crippen molar-refractivity contribution in [3.8, 4) is 0 Å². The number of nitrogens with one attached hydrogen (secondary N) is 1. The molecule has 0 aliphatic carbocycles. The first kappa shape index (κ1) is 17.6. The molecule has 6 nitrogen and oxygen atoms in total. The molecule has 1 heterocycles. The lowest BCUT2D eigenvalue weighted by Gasteiger charge is -2.16. The van der Waals surface area contributed by atoms with Gasteiger partial charge in [0.05, 0.1) is 15.2 Å². The quantitative estimate of drug-likeness (QED) is 0.811. The molecule has 0 aromatic carbocycles. The molecule has 0 bridgehead atoms. The fourth-order valence-electron chi connectivity index (χ4n) is 1.49. The van der Waals surface area contributed by atoms with Crippen molar-refractivity contribution >= 4 is 45.0 Å². The van der Waals surface area contributed by atoms with Crippen LogP contribution in [0.2, 0.25) is 0 Å². The summed E-state index contributed by atoms with van der Waals surface area (Å²) in [6, 6.07) is 3.50. The Bertz CT molecular complexity index is 530. The molecule has 0 saturated heterocycles. The zero-order valence-electron chi connectivity index (χ0n) is 12.2. The van der Waals surface area contributed by atoms with E-state index in [1.54, 1.807) is 33.3 Å². The SMILES string of the molecule is CN(C)C(=O)CCNC(=O)CN(C)C(=O)c1ccc(Br)s1. The average Bonchev–Trinajstić information content (AvgIpc) is 2.84. The molecule has 0 spiro atoms. The molecule has 0 atom stereocenters. The molecular weight excluding hydrogens is 358 g/mol. The number of carbonyl (C=O) groups is 3. The van der Waals surface area contributed by atoms with Gasteiger partial charge in [-0.3, -0.25) is 14.4 Å². The largest absolute Gasteiger partial charge is 0.354 e. The molecule has 0 unspecified atom stereocenters. The predicted octanol–water partition coefficient (Wildman–Crippen LogP) is 1.18. The summed E-state index contributed by atoms with van der Waals surface area (Å²) < 4.78 is 0.867. The second-order valence-corrected chi connectivity index (χ2v) is 7.12. The Balaban J connectivity index is 2.37. The van der Waals surface area contributed by atoms with Gasteiger partial charge in [-0.2, -0.15) is 0 Å². The van der Waals surface area contributed by atoms with Crippen LogP contribution in [0.5, 0.6) is 0 Å². The minimum atomic E-state index is -0.284. The predicted molar refractivity (Wildman–Crippen MR) is 85.3 cm³/mol. The fourth-order valence-corrected chi connectivity index (χ4v) is 2.87. The molecule has 3 amide bonds. The molecule has 1 N–H and O–H groups in total. The number of likely N-dealkylation sites (N-methyl/N-ethyl adjacent to an activating group) is 1. The van der Waals surface area contributed by atoms with Gasteiger partial charge in [-0.05, 0) is 28.1 Å². The average molecular weight is 376 g/mol. The number of nitrogens with zero attached hydrogens (tertiary/aromatic N) is 2. The fraction of sp³-hybridized carbons (Fsp3) is 0.462. The lowest BCUT2D eigenvalue weighted by molar-refractivity contribution is -0.128. The van der Waals surface area contributed by atoms with Crippen molar-refractivity contribution in [2.45, 2.75) is 6.42 Å². The summed E-state index contributed by atoms with van der Waals surface area (Å²) in [4.78, 5) is 38.5. The molecule has 116 valence electrons. The summed E-state index contributed by atoms with van der Waals surface area (Å²) in [6.45, 7) is 0.229. The van der Waals surface area contributed by atoms with Gasteiger partial charge in [0.2, 0.25) is 11.8 Å². The Kier molecular flexibility index (Phi) is 6.83. The van der Waals surface area contributed by atoms with Gasteiger partial charge in [0, 0.05) is 34.1 Å². The van der Waals surface area contributed by atoms with E-state index in [9.17, 15) is 14.4 Å². The van der Waals surface area contributed by atoms with Gasteiger partial charge in [-0.15, -0.1) is 11.3 Å². The molecule has 21 heavy (non-hydrogen) atoms. The maximum absolute atomic E-state index is 12.0. The van der Waals surface area contributed by atoms with Crippen LogP contribution in [-0.2, 0) is 9.59 Å². The first-order chi connectivity index (χ1) is 9.81.